The first kappa shape index (κ1) is 14.9. The minimum Gasteiger partial charge on any atom is -0.481 e. The van der Waals surface area contributed by atoms with E-state index in [4.69, 9.17) is 9.90 Å². The summed E-state index contributed by atoms with van der Waals surface area (Å²) in [4.78, 5) is 9.00. The monoisotopic (exact) mass is 370 g/mol. The van der Waals surface area contributed by atoms with Crippen molar-refractivity contribution in [2.45, 2.75) is 6.92 Å². The zero-order valence-corrected chi connectivity index (χ0v) is 12.9. The predicted molar refractivity (Wildman–Crippen MR) is 80.6 cm³/mol. The molecular weight excluding hydrogens is 360 g/mol. The number of hydrogen-bond donors (Lipinski definition) is 1. The van der Waals surface area contributed by atoms with E-state index in [2.05, 4.69) is 80.4 Å². The van der Waals surface area contributed by atoms with E-state index in [0.717, 1.165) is 15.9 Å². The molecule has 1 N–H and O–H groups in total. The lowest BCUT2D eigenvalue weighted by atomic mass is 10.1. The summed E-state index contributed by atoms with van der Waals surface area (Å²) < 4.78 is 2.22. The first-order valence-corrected chi connectivity index (χ1v) is 6.78. The number of carbonyl (C=O) groups is 1. The van der Waals surface area contributed by atoms with Gasteiger partial charge < -0.3 is 5.11 Å². The topological polar surface area (TPSA) is 37.3 Å². The van der Waals surface area contributed by atoms with Crippen molar-refractivity contribution in [2.24, 2.45) is 0 Å². The summed E-state index contributed by atoms with van der Waals surface area (Å²) in [6.07, 6.45) is 0. The highest BCUT2D eigenvalue weighted by molar-refractivity contribution is 9.10. The van der Waals surface area contributed by atoms with E-state index in [-0.39, 0.29) is 0 Å². The van der Waals surface area contributed by atoms with Crippen LogP contribution in [0, 0.1) is 0 Å². The Hall–Kier alpha value is -1.13. The van der Waals surface area contributed by atoms with Crippen molar-refractivity contribution < 1.29 is 9.90 Å². The molecule has 0 unspecified atom stereocenters. The molecule has 0 aliphatic heterocycles. The lowest BCUT2D eigenvalue weighted by molar-refractivity contribution is -0.134. The number of carboxylic acid groups (broad SMARTS) is 1. The minimum atomic E-state index is -0.833. The van der Waals surface area contributed by atoms with Gasteiger partial charge in [0.1, 0.15) is 0 Å². The molecule has 0 aliphatic carbocycles. The molecule has 0 aromatic heterocycles. The molecule has 0 amide bonds. The van der Waals surface area contributed by atoms with E-state index in [1.54, 1.807) is 0 Å². The lowest BCUT2D eigenvalue weighted by Crippen LogP contribution is -1.78. The third-order valence-corrected chi connectivity index (χ3v) is 3.08. The van der Waals surface area contributed by atoms with Crippen LogP contribution in [0.15, 0.2) is 57.5 Å². The van der Waals surface area contributed by atoms with Crippen LogP contribution < -0.4 is 0 Å². The van der Waals surface area contributed by atoms with Gasteiger partial charge in [0.15, 0.2) is 0 Å². The summed E-state index contributed by atoms with van der Waals surface area (Å²) in [6.45, 7) is 1.08. The number of carboxylic acids is 1. The van der Waals surface area contributed by atoms with E-state index in [0.29, 0.717) is 0 Å². The molecule has 94 valence electrons. The maximum atomic E-state index is 9.00. The van der Waals surface area contributed by atoms with Crippen molar-refractivity contribution in [3.05, 3.63) is 57.5 Å². The Morgan fingerprint density at radius 3 is 1.28 bits per heavy atom. The highest BCUT2D eigenvalue weighted by Crippen LogP contribution is 2.23. The van der Waals surface area contributed by atoms with Crippen molar-refractivity contribution in [3.63, 3.8) is 0 Å². The van der Waals surface area contributed by atoms with Crippen LogP contribution in [0.1, 0.15) is 6.92 Å². The largest absolute Gasteiger partial charge is 0.481 e. The summed E-state index contributed by atoms with van der Waals surface area (Å²) in [7, 11) is 0. The second-order valence-electron chi connectivity index (χ2n) is 3.53. The quantitative estimate of drug-likeness (QED) is 0.768. The molecule has 0 bridgehead atoms. The normalized spacial score (nSPS) is 9.28. The van der Waals surface area contributed by atoms with Gasteiger partial charge in [-0.3, -0.25) is 4.79 Å². The van der Waals surface area contributed by atoms with Gasteiger partial charge in [0.05, 0.1) is 0 Å². The summed E-state index contributed by atoms with van der Waals surface area (Å²) in [5.41, 5.74) is 2.47. The number of aliphatic carboxylic acids is 1. The molecule has 0 heterocycles. The van der Waals surface area contributed by atoms with Gasteiger partial charge in [0, 0.05) is 15.9 Å². The zero-order valence-electron chi connectivity index (χ0n) is 9.73. The maximum absolute atomic E-state index is 9.00. The lowest BCUT2D eigenvalue weighted by Gasteiger charge is -2.01. The summed E-state index contributed by atoms with van der Waals surface area (Å²) in [5.74, 6) is -0.833. The van der Waals surface area contributed by atoms with Gasteiger partial charge in [0.25, 0.3) is 5.97 Å². The van der Waals surface area contributed by atoms with Crippen molar-refractivity contribution >= 4 is 37.8 Å². The Labute approximate surface area is 123 Å². The molecule has 0 atom stereocenters. The van der Waals surface area contributed by atoms with Crippen LogP contribution in [0.3, 0.4) is 0 Å². The molecule has 2 aromatic carbocycles. The average Bonchev–Trinajstić information content (AvgIpc) is 2.31. The standard InChI is InChI=1S/C12H8Br2.C2H4O2/c13-11-5-1-9(2-6-11)10-3-7-12(14)8-4-10;1-2(3)4/h1-8H;1H3,(H,3,4). The molecule has 18 heavy (non-hydrogen) atoms. The molecule has 4 heteroatoms. The fraction of sp³-hybridized carbons (Fsp3) is 0.0714. The van der Waals surface area contributed by atoms with Crippen molar-refractivity contribution in [3.8, 4) is 11.1 Å². The first-order valence-electron chi connectivity index (χ1n) is 5.20. The molecule has 0 spiro atoms. The molecule has 0 radical (unpaired) electrons. The van der Waals surface area contributed by atoms with E-state index in [9.17, 15) is 0 Å². The number of rotatable bonds is 1. The Morgan fingerprint density at radius 2 is 1.06 bits per heavy atom. The van der Waals surface area contributed by atoms with Crippen LogP contribution in [0.2, 0.25) is 0 Å². The molecule has 0 fully saturated rings. The molecule has 2 nitrogen and oxygen atoms in total. The van der Waals surface area contributed by atoms with Gasteiger partial charge in [-0.25, -0.2) is 0 Å². The highest BCUT2D eigenvalue weighted by Gasteiger charge is 1.96. The third kappa shape index (κ3) is 5.47. The summed E-state index contributed by atoms with van der Waals surface area (Å²) in [5, 5.41) is 7.42. The van der Waals surface area contributed by atoms with Crippen molar-refractivity contribution in [2.75, 3.05) is 0 Å². The van der Waals surface area contributed by atoms with E-state index in [1.807, 2.05) is 0 Å². The van der Waals surface area contributed by atoms with Gasteiger partial charge in [0.2, 0.25) is 0 Å². The smallest absolute Gasteiger partial charge is 0.300 e. The Balaban J connectivity index is 0.000000357. The number of hydrogen-bond acceptors (Lipinski definition) is 1. The average molecular weight is 372 g/mol. The van der Waals surface area contributed by atoms with Gasteiger partial charge in [-0.05, 0) is 35.4 Å². The fourth-order valence-electron chi connectivity index (χ4n) is 1.28. The zero-order chi connectivity index (χ0) is 13.5. The molecule has 2 rings (SSSR count). The summed E-state index contributed by atoms with van der Waals surface area (Å²) in [6, 6.07) is 16.6. The molecule has 0 aliphatic rings. The number of benzene rings is 2. The van der Waals surface area contributed by atoms with E-state index < -0.39 is 5.97 Å². The van der Waals surface area contributed by atoms with Gasteiger partial charge in [-0.2, -0.15) is 0 Å². The SMILES string of the molecule is Brc1ccc(-c2ccc(Br)cc2)cc1.CC(=O)O. The Kier molecular flexibility index (Phi) is 6.09. The van der Waals surface area contributed by atoms with Crippen LogP contribution >= 0.6 is 31.9 Å². The van der Waals surface area contributed by atoms with Crippen LogP contribution in [0.4, 0.5) is 0 Å². The van der Waals surface area contributed by atoms with Gasteiger partial charge in [-0.15, -0.1) is 0 Å². The number of halogens is 2. The van der Waals surface area contributed by atoms with Crippen LogP contribution in [0.5, 0.6) is 0 Å². The Morgan fingerprint density at radius 1 is 0.833 bits per heavy atom. The second-order valence-corrected chi connectivity index (χ2v) is 5.36. The van der Waals surface area contributed by atoms with Crippen LogP contribution in [-0.2, 0) is 4.79 Å². The first-order chi connectivity index (χ1) is 8.49. The second kappa shape index (κ2) is 7.34. The van der Waals surface area contributed by atoms with Crippen LogP contribution in [0.25, 0.3) is 11.1 Å². The molecule has 0 saturated heterocycles. The maximum Gasteiger partial charge on any atom is 0.300 e. The molecular formula is C14H12Br2O2. The van der Waals surface area contributed by atoms with Gasteiger partial charge >= 0.3 is 0 Å². The van der Waals surface area contributed by atoms with E-state index in [1.165, 1.54) is 11.1 Å². The third-order valence-electron chi connectivity index (χ3n) is 2.02. The molecule has 0 saturated carbocycles. The van der Waals surface area contributed by atoms with Gasteiger partial charge in [-0.1, -0.05) is 56.1 Å². The summed E-state index contributed by atoms with van der Waals surface area (Å²) >= 11 is 6.84. The van der Waals surface area contributed by atoms with Crippen LogP contribution in [-0.4, -0.2) is 11.1 Å². The Bertz CT molecular complexity index is 457. The van der Waals surface area contributed by atoms with Crippen molar-refractivity contribution in [1.29, 1.82) is 0 Å². The predicted octanol–water partition coefficient (Wildman–Crippen LogP) is 4.97. The molecule has 2 aromatic rings. The van der Waals surface area contributed by atoms with E-state index >= 15 is 0 Å². The fourth-order valence-corrected chi connectivity index (χ4v) is 1.81. The highest BCUT2D eigenvalue weighted by atomic mass is 79.9. The van der Waals surface area contributed by atoms with Crippen molar-refractivity contribution in [1.82, 2.24) is 0 Å². The minimum absolute atomic E-state index is 0.833.